The van der Waals surface area contributed by atoms with E-state index in [1.807, 2.05) is 19.1 Å². The van der Waals surface area contributed by atoms with Gasteiger partial charge in [0.1, 0.15) is 11.5 Å². The van der Waals surface area contributed by atoms with E-state index in [1.54, 1.807) is 0 Å². The van der Waals surface area contributed by atoms with Crippen LogP contribution in [-0.2, 0) is 0 Å². The third kappa shape index (κ3) is 1.33. The number of rotatable bonds is 1. The van der Waals surface area contributed by atoms with Gasteiger partial charge < -0.3 is 4.42 Å². The second-order valence-corrected chi connectivity index (χ2v) is 4.54. The van der Waals surface area contributed by atoms with Crippen molar-refractivity contribution in [1.29, 1.82) is 0 Å². The molecule has 12 heavy (non-hydrogen) atoms. The first-order chi connectivity index (χ1) is 5.75. The molecule has 0 aliphatic rings. The maximum absolute atomic E-state index is 5.52. The van der Waals surface area contributed by atoms with Crippen LogP contribution in [0.1, 0.15) is 11.1 Å². The van der Waals surface area contributed by atoms with E-state index >= 15 is 0 Å². The van der Waals surface area contributed by atoms with E-state index in [0.717, 1.165) is 19.7 Å². The molecule has 1 nitrogen and oxygen atoms in total. The Bertz CT molecular complexity index is 346. The van der Waals surface area contributed by atoms with Crippen molar-refractivity contribution in [2.45, 2.75) is 13.8 Å². The van der Waals surface area contributed by atoms with Crippen LogP contribution in [0, 0.1) is 13.8 Å². The van der Waals surface area contributed by atoms with Gasteiger partial charge in [-0.2, -0.15) is 0 Å². The molecule has 2 heterocycles. The summed E-state index contributed by atoms with van der Waals surface area (Å²) in [7, 11) is 0.793. The first kappa shape index (κ1) is 7.70. The number of hydrogen-bond acceptors (Lipinski definition) is 1. The van der Waals surface area contributed by atoms with Gasteiger partial charge in [-0.3, -0.25) is 0 Å². The fourth-order valence-electron chi connectivity index (χ4n) is 1.23. The van der Waals surface area contributed by atoms with E-state index in [2.05, 4.69) is 19.1 Å². The summed E-state index contributed by atoms with van der Waals surface area (Å²) in [4.78, 5) is 0. The van der Waals surface area contributed by atoms with Crippen molar-refractivity contribution < 1.29 is 4.42 Å². The molecule has 1 atom stereocenters. The zero-order valence-corrected chi connectivity index (χ0v) is 8.22. The lowest BCUT2D eigenvalue weighted by molar-refractivity contribution is 0.549. The van der Waals surface area contributed by atoms with E-state index in [0.29, 0.717) is 0 Å². The largest absolute Gasteiger partial charge is 0.461 e. The molecular formula is C10H11OP. The van der Waals surface area contributed by atoms with E-state index in [4.69, 9.17) is 4.42 Å². The van der Waals surface area contributed by atoms with Crippen LogP contribution in [-0.4, -0.2) is 0 Å². The summed E-state index contributed by atoms with van der Waals surface area (Å²) in [5.41, 5.74) is 0. The van der Waals surface area contributed by atoms with Crippen molar-refractivity contribution in [2.24, 2.45) is 0 Å². The number of hydrogen-bond donors (Lipinski definition) is 0. The van der Waals surface area contributed by atoms with Crippen LogP contribution in [0.5, 0.6) is 0 Å². The number of aryl methyl sites for hydroxylation is 2. The Hall–Kier alpha value is -0.940. The van der Waals surface area contributed by atoms with Crippen molar-refractivity contribution in [1.82, 2.24) is 0 Å². The normalized spacial score (nSPS) is 11.2. The summed E-state index contributed by atoms with van der Waals surface area (Å²) in [6, 6.07) is 8.35. The van der Waals surface area contributed by atoms with Crippen LogP contribution in [0.3, 0.4) is 0 Å². The average molecular weight is 178 g/mol. The standard InChI is InChI=1S/C10H11OP/c1-7-3-5-9(11-7)10-6-4-8(2)12-10/h3-6,12H,1-2H3. The molecule has 2 aromatic rings. The van der Waals surface area contributed by atoms with Gasteiger partial charge in [0.25, 0.3) is 0 Å². The smallest absolute Gasteiger partial charge is 0.137 e. The number of furan rings is 1. The van der Waals surface area contributed by atoms with E-state index < -0.39 is 0 Å². The van der Waals surface area contributed by atoms with Crippen LogP contribution in [0.25, 0.3) is 11.1 Å². The van der Waals surface area contributed by atoms with Gasteiger partial charge >= 0.3 is 0 Å². The molecule has 0 aliphatic carbocycles. The van der Waals surface area contributed by atoms with Gasteiger partial charge in [0.15, 0.2) is 0 Å². The molecule has 2 heteroatoms. The van der Waals surface area contributed by atoms with Crippen molar-refractivity contribution in [2.75, 3.05) is 0 Å². The molecule has 0 bridgehead atoms. The fraction of sp³-hybridized carbons (Fsp3) is 0.200. The Balaban J connectivity index is 2.43. The minimum absolute atomic E-state index is 0.793. The van der Waals surface area contributed by atoms with Crippen molar-refractivity contribution in [3.05, 3.63) is 35.3 Å². The zero-order valence-electron chi connectivity index (χ0n) is 7.22. The molecule has 2 rings (SSSR count). The van der Waals surface area contributed by atoms with Gasteiger partial charge in [-0.05, 0) is 37.3 Å². The minimum atomic E-state index is 0.793. The quantitative estimate of drug-likeness (QED) is 0.650. The van der Waals surface area contributed by atoms with Gasteiger partial charge in [-0.25, -0.2) is 0 Å². The summed E-state index contributed by atoms with van der Waals surface area (Å²) in [5, 5.41) is 2.75. The highest BCUT2D eigenvalue weighted by molar-refractivity contribution is 7.34. The van der Waals surface area contributed by atoms with E-state index in [1.165, 1.54) is 10.6 Å². The summed E-state index contributed by atoms with van der Waals surface area (Å²) in [6.45, 7) is 4.13. The third-order valence-electron chi connectivity index (χ3n) is 1.84. The van der Waals surface area contributed by atoms with Crippen molar-refractivity contribution in [3.8, 4) is 11.1 Å². The Morgan fingerprint density at radius 3 is 2.42 bits per heavy atom. The molecule has 1 unspecified atom stereocenters. The van der Waals surface area contributed by atoms with Crippen molar-refractivity contribution >= 4 is 8.19 Å². The van der Waals surface area contributed by atoms with Crippen LogP contribution in [0.2, 0.25) is 0 Å². The average Bonchev–Trinajstić information content (AvgIpc) is 2.58. The molecule has 0 aromatic carbocycles. The lowest BCUT2D eigenvalue weighted by Crippen LogP contribution is -1.59. The lowest BCUT2D eigenvalue weighted by atomic mass is 10.3. The van der Waals surface area contributed by atoms with Gasteiger partial charge in [-0.15, -0.1) is 8.19 Å². The van der Waals surface area contributed by atoms with Crippen molar-refractivity contribution in [3.63, 3.8) is 0 Å². The molecule has 0 fully saturated rings. The predicted molar refractivity (Wildman–Crippen MR) is 53.1 cm³/mol. The summed E-state index contributed by atoms with van der Waals surface area (Å²) >= 11 is 0. The Labute approximate surface area is 73.5 Å². The first-order valence-corrected chi connectivity index (χ1v) is 4.98. The van der Waals surface area contributed by atoms with Crippen LogP contribution in [0.4, 0.5) is 0 Å². The highest BCUT2D eigenvalue weighted by Crippen LogP contribution is 2.32. The Morgan fingerprint density at radius 2 is 1.92 bits per heavy atom. The first-order valence-electron chi connectivity index (χ1n) is 3.98. The summed E-state index contributed by atoms with van der Waals surface area (Å²) in [6.07, 6.45) is 0. The third-order valence-corrected chi connectivity index (χ3v) is 3.08. The molecular weight excluding hydrogens is 167 g/mol. The van der Waals surface area contributed by atoms with E-state index in [-0.39, 0.29) is 0 Å². The molecule has 2 aromatic heterocycles. The Morgan fingerprint density at radius 1 is 1.08 bits per heavy atom. The van der Waals surface area contributed by atoms with Gasteiger partial charge in [0.05, 0.1) is 0 Å². The second kappa shape index (κ2) is 2.84. The molecule has 0 radical (unpaired) electrons. The van der Waals surface area contributed by atoms with Crippen LogP contribution < -0.4 is 0 Å². The molecule has 0 amide bonds. The van der Waals surface area contributed by atoms with Gasteiger partial charge in [0.2, 0.25) is 0 Å². The predicted octanol–water partition coefficient (Wildman–Crippen LogP) is 3.59. The molecule has 0 aliphatic heterocycles. The lowest BCUT2D eigenvalue weighted by Gasteiger charge is -1.88. The molecule has 0 spiro atoms. The monoisotopic (exact) mass is 178 g/mol. The van der Waals surface area contributed by atoms with Crippen LogP contribution in [0.15, 0.2) is 28.7 Å². The van der Waals surface area contributed by atoms with E-state index in [9.17, 15) is 0 Å². The van der Waals surface area contributed by atoms with Gasteiger partial charge in [0, 0.05) is 5.30 Å². The summed E-state index contributed by atoms with van der Waals surface area (Å²) < 4.78 is 5.52. The topological polar surface area (TPSA) is 13.1 Å². The molecule has 0 saturated heterocycles. The van der Waals surface area contributed by atoms with Gasteiger partial charge in [-0.1, -0.05) is 6.07 Å². The molecule has 0 saturated carbocycles. The maximum atomic E-state index is 5.52. The van der Waals surface area contributed by atoms with Crippen LogP contribution >= 0.6 is 8.19 Å². The molecule has 62 valence electrons. The SMILES string of the molecule is Cc1ccc(-c2ccc(C)[pH]2)o1. The summed E-state index contributed by atoms with van der Waals surface area (Å²) in [5.74, 6) is 2.01. The maximum Gasteiger partial charge on any atom is 0.137 e. The second-order valence-electron chi connectivity index (χ2n) is 2.97. The molecule has 0 N–H and O–H groups in total. The highest BCUT2D eigenvalue weighted by atomic mass is 31.0. The Kier molecular flexibility index (Phi) is 1.82. The minimum Gasteiger partial charge on any atom is -0.461 e. The fourth-order valence-corrected chi connectivity index (χ4v) is 2.24. The highest BCUT2D eigenvalue weighted by Gasteiger charge is 2.02. The zero-order chi connectivity index (χ0) is 8.55.